The molecule has 1 aromatic heterocycles. The Balaban J connectivity index is 1.40. The number of hydrogen-bond donors (Lipinski definition) is 1. The molecule has 14 atom stereocenters. The number of Topliss-reactive ketones (excluding diaryl/α,β-unsaturated/α-hetero) is 1. The van der Waals surface area contributed by atoms with E-state index in [0.29, 0.717) is 18.6 Å². The fourth-order valence-corrected chi connectivity index (χ4v) is 9.80. The summed E-state index contributed by atoms with van der Waals surface area (Å²) in [6.45, 7) is 14.9. The molecule has 2 bridgehead atoms. The highest BCUT2D eigenvalue weighted by atomic mass is 16.7. The van der Waals surface area contributed by atoms with E-state index in [4.69, 9.17) is 33.3 Å². The number of aliphatic hydroxyl groups excluding tert-OH is 1. The summed E-state index contributed by atoms with van der Waals surface area (Å²) in [6, 6.07) is 9.56. The van der Waals surface area contributed by atoms with E-state index in [9.17, 15) is 19.5 Å². The minimum atomic E-state index is -1.23. The molecule has 0 amide bonds. The Labute approximate surface area is 342 Å². The van der Waals surface area contributed by atoms with Crippen molar-refractivity contribution >= 4 is 34.3 Å². The fourth-order valence-electron chi connectivity index (χ4n) is 9.80. The van der Waals surface area contributed by atoms with Gasteiger partial charge in [0.05, 0.1) is 55.0 Å². The highest BCUT2D eigenvalue weighted by molar-refractivity contribution is 5.87. The van der Waals surface area contributed by atoms with Gasteiger partial charge in [0.2, 0.25) is 0 Å². The number of carbonyl (C=O) groups is 3. The van der Waals surface area contributed by atoms with Crippen LogP contribution in [0.5, 0.6) is 0 Å². The molecule has 14 heteroatoms. The van der Waals surface area contributed by atoms with Crippen molar-refractivity contribution < 1.29 is 52.7 Å². The van der Waals surface area contributed by atoms with Crippen LogP contribution in [-0.2, 0) is 54.2 Å². The van der Waals surface area contributed by atoms with Gasteiger partial charge in [0.25, 0.3) is 0 Å². The molecule has 58 heavy (non-hydrogen) atoms. The summed E-state index contributed by atoms with van der Waals surface area (Å²) in [5, 5.41) is 17.1. The lowest BCUT2D eigenvalue weighted by Crippen LogP contribution is -2.60. The van der Waals surface area contributed by atoms with E-state index < -0.39 is 83.4 Å². The number of oxime groups is 1. The van der Waals surface area contributed by atoms with Crippen molar-refractivity contribution in [2.24, 2.45) is 34.7 Å². The number of nitrogens with zero attached hydrogens (tertiary/aromatic N) is 3. The molecule has 6 rings (SSSR count). The monoisotopic (exact) mass is 809 g/mol. The predicted molar refractivity (Wildman–Crippen MR) is 214 cm³/mol. The topological polar surface area (TPSA) is 165 Å². The van der Waals surface area contributed by atoms with Gasteiger partial charge in [-0.05, 0) is 73.2 Å². The number of ketones is 1. The molecule has 0 aliphatic carbocycles. The van der Waals surface area contributed by atoms with Gasteiger partial charge in [-0.15, -0.1) is 0 Å². The standard InChI is InChI=1S/C44H63N3O11/c1-11-35-44(8)32(18-36(48)58-44)26(4)37(49)24(2)19-43(7)40(57-42-38(50)34(47(9)10)16-25(3)55-42)27(5)39(28(6)41(51)56-35)52-22-31(23-53-43)46-54-21-29-17-30-14-12-13-15-33(30)45-20-29/h12-15,17,20,24-28,32,34-35,38-40,42,50H,11,16,18-19,21-23H2,1-10H3/b46-31-/t24-,25-,26-,27-,28-,32+,34+,35-,38-,39+,40-,42+,43-,44+/m1/s1. The molecule has 4 fully saturated rings. The Morgan fingerprint density at radius 3 is 2.50 bits per heavy atom. The molecule has 1 aromatic carbocycles. The number of aromatic nitrogens is 1. The molecule has 0 spiro atoms. The number of benzene rings is 1. The van der Waals surface area contributed by atoms with Gasteiger partial charge in [-0.2, -0.15) is 0 Å². The minimum absolute atomic E-state index is 0.0270. The molecule has 0 saturated carbocycles. The van der Waals surface area contributed by atoms with Crippen LogP contribution in [0.15, 0.2) is 41.7 Å². The van der Waals surface area contributed by atoms with Gasteiger partial charge in [0, 0.05) is 46.9 Å². The molecule has 0 radical (unpaired) electrons. The average Bonchev–Trinajstić information content (AvgIpc) is 3.52. The van der Waals surface area contributed by atoms with E-state index in [-0.39, 0.29) is 50.6 Å². The normalized spacial score (nSPS) is 40.0. The molecule has 2 aromatic rings. The Morgan fingerprint density at radius 1 is 1.03 bits per heavy atom. The number of cyclic esters (lactones) is 1. The first-order chi connectivity index (χ1) is 27.4. The molecule has 1 N–H and O–H groups in total. The van der Waals surface area contributed by atoms with Crippen LogP contribution in [0.3, 0.4) is 0 Å². The number of fused-ring (bicyclic) bond motifs is 5. The second-order valence-electron chi connectivity index (χ2n) is 17.7. The summed E-state index contributed by atoms with van der Waals surface area (Å²) in [4.78, 5) is 54.2. The summed E-state index contributed by atoms with van der Waals surface area (Å²) >= 11 is 0. The van der Waals surface area contributed by atoms with Gasteiger partial charge in [-0.3, -0.25) is 19.4 Å². The molecule has 14 nitrogen and oxygen atoms in total. The summed E-state index contributed by atoms with van der Waals surface area (Å²) in [5.41, 5.74) is -0.324. The van der Waals surface area contributed by atoms with Crippen molar-refractivity contribution in [3.63, 3.8) is 0 Å². The highest BCUT2D eigenvalue weighted by Gasteiger charge is 2.57. The highest BCUT2D eigenvalue weighted by Crippen LogP contribution is 2.46. The molecule has 4 aliphatic rings. The van der Waals surface area contributed by atoms with Crippen molar-refractivity contribution in [1.82, 2.24) is 9.88 Å². The van der Waals surface area contributed by atoms with E-state index in [1.54, 1.807) is 20.0 Å². The number of likely N-dealkylation sites (N-methyl/N-ethyl adjacent to an activating group) is 1. The van der Waals surface area contributed by atoms with E-state index in [2.05, 4.69) is 10.1 Å². The maximum atomic E-state index is 14.6. The summed E-state index contributed by atoms with van der Waals surface area (Å²) in [5.74, 6) is -4.23. The Hall–Kier alpha value is -3.53. The first-order valence-corrected chi connectivity index (χ1v) is 20.8. The second-order valence-corrected chi connectivity index (χ2v) is 17.7. The molecule has 4 aliphatic heterocycles. The van der Waals surface area contributed by atoms with Gasteiger partial charge < -0.3 is 43.3 Å². The van der Waals surface area contributed by atoms with Crippen molar-refractivity contribution in [3.8, 4) is 0 Å². The summed E-state index contributed by atoms with van der Waals surface area (Å²) in [7, 11) is 3.82. The first kappa shape index (κ1) is 44.0. The predicted octanol–water partition coefficient (Wildman–Crippen LogP) is 5.25. The zero-order valence-corrected chi connectivity index (χ0v) is 35.7. The number of ether oxygens (including phenoxy) is 6. The molecular weight excluding hydrogens is 746 g/mol. The Kier molecular flexibility index (Phi) is 13.7. The third-order valence-corrected chi connectivity index (χ3v) is 13.1. The maximum absolute atomic E-state index is 14.6. The smallest absolute Gasteiger partial charge is 0.311 e. The van der Waals surface area contributed by atoms with Crippen LogP contribution in [0.2, 0.25) is 0 Å². The zero-order chi connectivity index (χ0) is 42.1. The van der Waals surface area contributed by atoms with Gasteiger partial charge >= 0.3 is 11.9 Å². The quantitative estimate of drug-likeness (QED) is 0.285. The Morgan fingerprint density at radius 2 is 1.78 bits per heavy atom. The molecule has 4 saturated heterocycles. The molecular formula is C44H63N3O11. The maximum Gasteiger partial charge on any atom is 0.311 e. The van der Waals surface area contributed by atoms with Gasteiger partial charge in [0.15, 0.2) is 6.29 Å². The lowest BCUT2D eigenvalue weighted by molar-refractivity contribution is -0.302. The Bertz CT molecular complexity index is 1820. The van der Waals surface area contributed by atoms with Crippen LogP contribution in [0.1, 0.15) is 86.6 Å². The van der Waals surface area contributed by atoms with E-state index in [1.165, 1.54) is 0 Å². The van der Waals surface area contributed by atoms with Crippen molar-refractivity contribution in [2.45, 2.75) is 142 Å². The van der Waals surface area contributed by atoms with Crippen molar-refractivity contribution in [1.29, 1.82) is 0 Å². The zero-order valence-electron chi connectivity index (χ0n) is 35.7. The van der Waals surface area contributed by atoms with Crippen LogP contribution < -0.4 is 0 Å². The van der Waals surface area contributed by atoms with E-state index in [1.807, 2.05) is 90.9 Å². The summed E-state index contributed by atoms with van der Waals surface area (Å²) < 4.78 is 39.0. The third-order valence-electron chi connectivity index (χ3n) is 13.1. The first-order valence-electron chi connectivity index (χ1n) is 20.8. The van der Waals surface area contributed by atoms with Crippen LogP contribution in [0.25, 0.3) is 10.9 Å². The minimum Gasteiger partial charge on any atom is -0.458 e. The SMILES string of the molecule is CC[C@H]1OC(=O)[C@H](C)[C@H]2OC/C(=N/OCc3cnc4ccccc4c3)CO[C@](C)(C[C@@H](C)C(=O)[C@H](C)[C@@H]3CC(=O)O[C@]13C)[C@H](O[C@@H]1O[C@H](C)C[C@H](N(C)C)[C@H]1O)[C@@H]2C. The second kappa shape index (κ2) is 18.0. The molecule has 0 unspecified atom stereocenters. The van der Waals surface area contributed by atoms with Crippen molar-refractivity contribution in [2.75, 3.05) is 27.3 Å². The number of esters is 2. The molecule has 5 heterocycles. The molecule has 320 valence electrons. The lowest BCUT2D eigenvalue weighted by Gasteiger charge is -2.48. The lowest BCUT2D eigenvalue weighted by atomic mass is 9.70. The number of aliphatic hydroxyl groups is 1. The summed E-state index contributed by atoms with van der Waals surface area (Å²) in [6.07, 6.45) is -1.91. The van der Waals surface area contributed by atoms with Gasteiger partial charge in [-0.1, -0.05) is 51.0 Å². The average molecular weight is 810 g/mol. The van der Waals surface area contributed by atoms with Crippen LogP contribution >= 0.6 is 0 Å². The number of pyridine rings is 1. The fraction of sp³-hybridized carbons (Fsp3) is 0.705. The number of rotatable bonds is 7. The van der Waals surface area contributed by atoms with Gasteiger partial charge in [0.1, 0.15) is 35.9 Å². The number of hydrogen-bond acceptors (Lipinski definition) is 14. The van der Waals surface area contributed by atoms with Crippen molar-refractivity contribution in [3.05, 3.63) is 42.1 Å². The van der Waals surface area contributed by atoms with Gasteiger partial charge in [-0.25, -0.2) is 0 Å². The van der Waals surface area contributed by atoms with Crippen LogP contribution in [-0.4, -0.2) is 120 Å². The number of carbonyl (C=O) groups excluding carboxylic acids is 3. The van der Waals surface area contributed by atoms with E-state index >= 15 is 0 Å². The van der Waals surface area contributed by atoms with Crippen LogP contribution in [0.4, 0.5) is 0 Å². The van der Waals surface area contributed by atoms with Crippen LogP contribution in [0, 0.1) is 29.6 Å². The third kappa shape index (κ3) is 9.12. The number of para-hydroxylation sites is 1. The largest absolute Gasteiger partial charge is 0.458 e. The van der Waals surface area contributed by atoms with E-state index in [0.717, 1.165) is 16.5 Å².